The Morgan fingerprint density at radius 1 is 0.818 bits per heavy atom. The van der Waals surface area contributed by atoms with Crippen LogP contribution in [0, 0.1) is 0 Å². The third kappa shape index (κ3) is 7.66. The summed E-state index contributed by atoms with van der Waals surface area (Å²) in [7, 11) is 0. The molecule has 0 radical (unpaired) electrons. The van der Waals surface area contributed by atoms with E-state index in [2.05, 4.69) is 24.0 Å². The highest BCUT2D eigenvalue weighted by molar-refractivity contribution is 5.94. The largest absolute Gasteiger partial charge is 0.493 e. The first-order valence-corrected chi connectivity index (χ1v) is 10.7. The van der Waals surface area contributed by atoms with E-state index in [0.717, 1.165) is 29.0 Å². The van der Waals surface area contributed by atoms with Crippen molar-refractivity contribution in [3.8, 4) is 11.5 Å². The molecule has 0 spiro atoms. The van der Waals surface area contributed by atoms with Crippen molar-refractivity contribution in [2.45, 2.75) is 6.42 Å². The van der Waals surface area contributed by atoms with Gasteiger partial charge in [0, 0.05) is 29.8 Å². The molecule has 172 valence electrons. The summed E-state index contributed by atoms with van der Waals surface area (Å²) in [5.41, 5.74) is 1.21. The fourth-order valence-electron chi connectivity index (χ4n) is 3.11. The molecular weight excluding hydrogens is 422 g/mol. The van der Waals surface area contributed by atoms with Crippen molar-refractivity contribution < 1.29 is 28.5 Å². The van der Waals surface area contributed by atoms with Gasteiger partial charge in [-0.25, -0.2) is 9.59 Å². The van der Waals surface area contributed by atoms with Crippen LogP contribution < -0.4 is 14.8 Å². The number of benzene rings is 3. The second kappa shape index (κ2) is 12.9. The maximum Gasteiger partial charge on any atom is 0.412 e. The smallest absolute Gasteiger partial charge is 0.412 e. The van der Waals surface area contributed by atoms with Crippen molar-refractivity contribution in [2.75, 3.05) is 33.0 Å². The molecular formula is C26H27NO6. The molecule has 3 aromatic rings. The molecule has 1 amide bonds. The van der Waals surface area contributed by atoms with Crippen LogP contribution in [0.1, 0.15) is 5.56 Å². The minimum atomic E-state index is -0.584. The first-order chi connectivity index (χ1) is 16.2. The maximum atomic E-state index is 12.2. The minimum absolute atomic E-state index is 0.126. The van der Waals surface area contributed by atoms with Crippen LogP contribution in [0.4, 0.5) is 4.79 Å². The molecule has 7 nitrogen and oxygen atoms in total. The zero-order valence-electron chi connectivity index (χ0n) is 18.3. The summed E-state index contributed by atoms with van der Waals surface area (Å²) in [6.07, 6.45) is 1.30. The lowest BCUT2D eigenvalue weighted by Gasteiger charge is -2.13. The zero-order chi connectivity index (χ0) is 23.3. The van der Waals surface area contributed by atoms with Gasteiger partial charge in [-0.3, -0.25) is 0 Å². The van der Waals surface area contributed by atoms with Crippen LogP contribution in [0.15, 0.2) is 79.4 Å². The van der Waals surface area contributed by atoms with Crippen LogP contribution in [0.5, 0.6) is 11.5 Å². The Bertz CT molecular complexity index is 1070. The molecule has 0 unspecified atom stereocenters. The highest BCUT2D eigenvalue weighted by Gasteiger charge is 2.11. The van der Waals surface area contributed by atoms with Gasteiger partial charge < -0.3 is 24.3 Å². The van der Waals surface area contributed by atoms with Gasteiger partial charge in [0.2, 0.25) is 0 Å². The Morgan fingerprint density at radius 3 is 2.27 bits per heavy atom. The van der Waals surface area contributed by atoms with Gasteiger partial charge in [-0.05, 0) is 17.7 Å². The Labute approximate surface area is 192 Å². The number of fused-ring (bicyclic) bond motifs is 1. The van der Waals surface area contributed by atoms with Crippen LogP contribution in [0.2, 0.25) is 0 Å². The number of hydrogen-bond donors (Lipinski definition) is 1. The topological polar surface area (TPSA) is 83.1 Å². The molecule has 0 saturated carbocycles. The van der Waals surface area contributed by atoms with E-state index in [0.29, 0.717) is 12.4 Å². The van der Waals surface area contributed by atoms with Crippen molar-refractivity contribution in [1.29, 1.82) is 0 Å². The highest BCUT2D eigenvalue weighted by Crippen LogP contribution is 2.33. The molecule has 0 aliphatic rings. The van der Waals surface area contributed by atoms with E-state index in [1.165, 1.54) is 5.56 Å². The molecule has 0 bridgehead atoms. The molecule has 1 N–H and O–H groups in total. The van der Waals surface area contributed by atoms with Crippen molar-refractivity contribution in [3.63, 3.8) is 0 Å². The average Bonchev–Trinajstić information content (AvgIpc) is 2.85. The van der Waals surface area contributed by atoms with Crippen molar-refractivity contribution in [2.24, 2.45) is 0 Å². The maximum absolute atomic E-state index is 12.2. The zero-order valence-corrected chi connectivity index (χ0v) is 18.3. The SMILES string of the molecule is C=CC(=O)OCCOCCNC(=O)Oc1ccc(OCCc2ccccc2)c2ccccc12. The summed E-state index contributed by atoms with van der Waals surface area (Å²) in [5.74, 6) is 0.677. The van der Waals surface area contributed by atoms with Gasteiger partial charge in [-0.2, -0.15) is 0 Å². The number of rotatable bonds is 12. The number of ether oxygens (including phenoxy) is 4. The van der Waals surface area contributed by atoms with Crippen molar-refractivity contribution >= 4 is 22.8 Å². The molecule has 0 heterocycles. The van der Waals surface area contributed by atoms with Crippen LogP contribution in [-0.2, 0) is 20.7 Å². The van der Waals surface area contributed by atoms with Gasteiger partial charge in [0.15, 0.2) is 0 Å². The van der Waals surface area contributed by atoms with Crippen LogP contribution >= 0.6 is 0 Å². The normalized spacial score (nSPS) is 10.4. The molecule has 3 aromatic carbocycles. The standard InChI is InChI=1S/C26H27NO6/c1-2-25(28)32-19-18-30-17-15-27-26(29)33-24-13-12-23(21-10-6-7-11-22(21)24)31-16-14-20-8-4-3-5-9-20/h2-13H,1,14-19H2,(H,27,29). The Balaban J connectivity index is 1.48. The summed E-state index contributed by atoms with van der Waals surface area (Å²) in [6.45, 7) is 4.72. The third-order valence-electron chi connectivity index (χ3n) is 4.69. The Hall–Kier alpha value is -3.84. The first kappa shape index (κ1) is 23.8. The summed E-state index contributed by atoms with van der Waals surface area (Å²) in [6, 6.07) is 21.3. The lowest BCUT2D eigenvalue weighted by molar-refractivity contribution is -0.139. The first-order valence-electron chi connectivity index (χ1n) is 10.7. The van der Waals surface area contributed by atoms with Gasteiger partial charge in [-0.15, -0.1) is 0 Å². The Morgan fingerprint density at radius 2 is 1.52 bits per heavy atom. The second-order valence-electron chi connectivity index (χ2n) is 6.99. The van der Waals surface area contributed by atoms with E-state index in [4.69, 9.17) is 18.9 Å². The van der Waals surface area contributed by atoms with E-state index >= 15 is 0 Å². The van der Waals surface area contributed by atoms with E-state index in [1.807, 2.05) is 48.5 Å². The van der Waals surface area contributed by atoms with E-state index < -0.39 is 12.1 Å². The fourth-order valence-corrected chi connectivity index (χ4v) is 3.11. The van der Waals surface area contributed by atoms with Crippen molar-refractivity contribution in [1.82, 2.24) is 5.32 Å². The predicted molar refractivity (Wildman–Crippen MR) is 126 cm³/mol. The molecule has 3 rings (SSSR count). The van der Waals surface area contributed by atoms with E-state index in [9.17, 15) is 9.59 Å². The molecule has 0 saturated heterocycles. The van der Waals surface area contributed by atoms with Gasteiger partial charge in [0.1, 0.15) is 18.1 Å². The lowest BCUT2D eigenvalue weighted by Crippen LogP contribution is -2.30. The summed E-state index contributed by atoms with van der Waals surface area (Å²) >= 11 is 0. The lowest BCUT2D eigenvalue weighted by atomic mass is 10.1. The molecule has 0 aliphatic heterocycles. The molecule has 0 atom stereocenters. The number of amides is 1. The van der Waals surface area contributed by atoms with Crippen LogP contribution in [-0.4, -0.2) is 45.0 Å². The number of hydrogen-bond acceptors (Lipinski definition) is 6. The molecule has 33 heavy (non-hydrogen) atoms. The molecule has 0 aliphatic carbocycles. The molecule has 0 aromatic heterocycles. The quantitative estimate of drug-likeness (QED) is 0.252. The monoisotopic (exact) mass is 449 g/mol. The molecule has 0 fully saturated rings. The van der Waals surface area contributed by atoms with Gasteiger partial charge in [-0.1, -0.05) is 61.2 Å². The average molecular weight is 450 g/mol. The third-order valence-corrected chi connectivity index (χ3v) is 4.69. The second-order valence-corrected chi connectivity index (χ2v) is 6.99. The number of carbonyl (C=O) groups excluding carboxylic acids is 2. The van der Waals surface area contributed by atoms with E-state index in [-0.39, 0.29) is 26.4 Å². The van der Waals surface area contributed by atoms with Gasteiger partial charge in [0.05, 0.1) is 19.8 Å². The summed E-state index contributed by atoms with van der Waals surface area (Å²) < 4.78 is 21.6. The van der Waals surface area contributed by atoms with Crippen LogP contribution in [0.3, 0.4) is 0 Å². The summed E-state index contributed by atoms with van der Waals surface area (Å²) in [5, 5.41) is 4.28. The van der Waals surface area contributed by atoms with Gasteiger partial charge in [0.25, 0.3) is 0 Å². The molecule has 7 heteroatoms. The Kier molecular flexibility index (Phi) is 9.29. The van der Waals surface area contributed by atoms with Gasteiger partial charge >= 0.3 is 12.1 Å². The number of carbonyl (C=O) groups is 2. The minimum Gasteiger partial charge on any atom is -0.493 e. The number of nitrogens with one attached hydrogen (secondary N) is 1. The van der Waals surface area contributed by atoms with Crippen LogP contribution in [0.25, 0.3) is 10.8 Å². The highest BCUT2D eigenvalue weighted by atomic mass is 16.6. The predicted octanol–water partition coefficient (Wildman–Crippen LogP) is 4.30. The fraction of sp³-hybridized carbons (Fsp3) is 0.231. The van der Waals surface area contributed by atoms with E-state index in [1.54, 1.807) is 6.07 Å². The van der Waals surface area contributed by atoms with Crippen molar-refractivity contribution in [3.05, 3.63) is 84.9 Å². The number of esters is 1. The summed E-state index contributed by atoms with van der Waals surface area (Å²) in [4.78, 5) is 23.1.